The molecule has 1 amide bonds. The van der Waals surface area contributed by atoms with Crippen LogP contribution in [0, 0.1) is 5.41 Å². The van der Waals surface area contributed by atoms with E-state index in [1.807, 2.05) is 13.8 Å². The molecule has 0 aromatic carbocycles. The van der Waals surface area contributed by atoms with Crippen molar-refractivity contribution < 1.29 is 9.90 Å². The average Bonchev–Trinajstić information content (AvgIpc) is 2.46. The summed E-state index contributed by atoms with van der Waals surface area (Å²) in [5.74, 6) is 0.0625. The molecule has 0 unspecified atom stereocenters. The fourth-order valence-corrected chi connectivity index (χ4v) is 2.58. The monoisotopic (exact) mass is 299 g/mol. The predicted molar refractivity (Wildman–Crippen MR) is 90.3 cm³/mol. The van der Waals surface area contributed by atoms with Crippen molar-refractivity contribution in [2.45, 2.75) is 91.4 Å². The zero-order valence-electron chi connectivity index (χ0n) is 14.5. The van der Waals surface area contributed by atoms with Crippen molar-refractivity contribution in [3.8, 4) is 0 Å². The summed E-state index contributed by atoms with van der Waals surface area (Å²) in [5.41, 5.74) is -0.310. The van der Waals surface area contributed by atoms with Crippen LogP contribution in [0.4, 0.5) is 0 Å². The number of carbonyl (C=O) groups excluding carboxylic acids is 1. The maximum absolute atomic E-state index is 11.9. The zero-order chi connectivity index (χ0) is 16.0. The Morgan fingerprint density at radius 3 is 1.86 bits per heavy atom. The number of hydrogen-bond donors (Lipinski definition) is 2. The molecule has 0 aliphatic heterocycles. The van der Waals surface area contributed by atoms with Gasteiger partial charge in [0.2, 0.25) is 5.91 Å². The summed E-state index contributed by atoms with van der Waals surface area (Å²) in [4.78, 5) is 11.9. The number of aliphatic hydroxyl groups is 1. The van der Waals surface area contributed by atoms with Crippen molar-refractivity contribution in [1.29, 1.82) is 0 Å². The average molecular weight is 299 g/mol. The highest BCUT2D eigenvalue weighted by Gasteiger charge is 2.26. The van der Waals surface area contributed by atoms with Gasteiger partial charge in [-0.25, -0.2) is 0 Å². The van der Waals surface area contributed by atoms with Gasteiger partial charge in [0.25, 0.3) is 0 Å². The number of unbranched alkanes of at least 4 members (excludes halogenated alkanes) is 9. The minimum atomic E-state index is -0.310. The van der Waals surface area contributed by atoms with E-state index < -0.39 is 0 Å². The third kappa shape index (κ3) is 11.7. The van der Waals surface area contributed by atoms with Crippen LogP contribution in [0.15, 0.2) is 0 Å². The Labute approximate surface area is 131 Å². The minimum Gasteiger partial charge on any atom is -0.395 e. The Kier molecular flexibility index (Phi) is 12.8. The Hall–Kier alpha value is -0.570. The second-order valence-electron chi connectivity index (χ2n) is 6.80. The normalized spacial score (nSPS) is 11.6. The highest BCUT2D eigenvalue weighted by molar-refractivity contribution is 5.81. The Morgan fingerprint density at radius 1 is 0.905 bits per heavy atom. The van der Waals surface area contributed by atoms with Crippen LogP contribution < -0.4 is 5.32 Å². The van der Waals surface area contributed by atoms with Gasteiger partial charge in [0.1, 0.15) is 0 Å². The number of aliphatic hydroxyl groups excluding tert-OH is 1. The van der Waals surface area contributed by atoms with E-state index in [0.717, 1.165) is 12.8 Å². The van der Waals surface area contributed by atoms with Gasteiger partial charge in [0, 0.05) is 12.0 Å². The zero-order valence-corrected chi connectivity index (χ0v) is 14.5. The van der Waals surface area contributed by atoms with Crippen LogP contribution in [-0.2, 0) is 4.79 Å². The molecule has 0 saturated heterocycles. The largest absolute Gasteiger partial charge is 0.395 e. The van der Waals surface area contributed by atoms with Gasteiger partial charge in [-0.2, -0.15) is 0 Å². The first kappa shape index (κ1) is 20.4. The summed E-state index contributed by atoms with van der Waals surface area (Å²) >= 11 is 0. The van der Waals surface area contributed by atoms with Crippen molar-refractivity contribution in [3.05, 3.63) is 0 Å². The molecular weight excluding hydrogens is 262 g/mol. The molecule has 0 spiro atoms. The van der Waals surface area contributed by atoms with Crippen LogP contribution in [0.5, 0.6) is 0 Å². The lowest BCUT2D eigenvalue weighted by Crippen LogP contribution is -2.38. The lowest BCUT2D eigenvalue weighted by Gasteiger charge is -2.23. The fraction of sp³-hybridized carbons (Fsp3) is 0.944. The number of hydrogen-bond acceptors (Lipinski definition) is 2. The SMILES string of the molecule is CCCCCCCCCCCCC(C)(C)C(=O)NCCO. The van der Waals surface area contributed by atoms with Gasteiger partial charge in [-0.3, -0.25) is 4.79 Å². The van der Waals surface area contributed by atoms with Crippen LogP contribution in [0.1, 0.15) is 91.4 Å². The van der Waals surface area contributed by atoms with Gasteiger partial charge in [0.05, 0.1) is 6.61 Å². The van der Waals surface area contributed by atoms with Crippen LogP contribution in [0.3, 0.4) is 0 Å². The van der Waals surface area contributed by atoms with Gasteiger partial charge >= 0.3 is 0 Å². The molecule has 0 radical (unpaired) electrons. The van der Waals surface area contributed by atoms with Crippen LogP contribution >= 0.6 is 0 Å². The van der Waals surface area contributed by atoms with Crippen molar-refractivity contribution in [1.82, 2.24) is 5.32 Å². The lowest BCUT2D eigenvalue weighted by atomic mass is 9.85. The number of amides is 1. The van der Waals surface area contributed by atoms with Gasteiger partial charge in [-0.1, -0.05) is 85.0 Å². The van der Waals surface area contributed by atoms with Crippen LogP contribution in [-0.4, -0.2) is 24.2 Å². The summed E-state index contributed by atoms with van der Waals surface area (Å²) in [5, 5.41) is 11.5. The number of rotatable bonds is 14. The molecule has 0 aliphatic carbocycles. The Bertz CT molecular complexity index is 252. The molecule has 21 heavy (non-hydrogen) atoms. The minimum absolute atomic E-state index is 0.0140. The van der Waals surface area contributed by atoms with Gasteiger partial charge in [-0.05, 0) is 6.42 Å². The van der Waals surface area contributed by atoms with E-state index in [4.69, 9.17) is 5.11 Å². The smallest absolute Gasteiger partial charge is 0.225 e. The van der Waals surface area contributed by atoms with Crippen molar-refractivity contribution >= 4 is 5.91 Å². The van der Waals surface area contributed by atoms with E-state index >= 15 is 0 Å². The highest BCUT2D eigenvalue weighted by atomic mass is 16.3. The van der Waals surface area contributed by atoms with E-state index in [2.05, 4.69) is 12.2 Å². The van der Waals surface area contributed by atoms with E-state index in [0.29, 0.717) is 6.54 Å². The molecule has 0 heterocycles. The maximum atomic E-state index is 11.9. The van der Waals surface area contributed by atoms with E-state index in [-0.39, 0.29) is 17.9 Å². The standard InChI is InChI=1S/C18H37NO2/c1-4-5-6-7-8-9-10-11-12-13-14-18(2,3)17(21)19-15-16-20/h20H,4-16H2,1-3H3,(H,19,21). The molecule has 0 atom stereocenters. The summed E-state index contributed by atoms with van der Waals surface area (Å²) in [6, 6.07) is 0. The predicted octanol–water partition coefficient (Wildman–Crippen LogP) is 4.43. The molecule has 3 heteroatoms. The summed E-state index contributed by atoms with van der Waals surface area (Å²) in [6.07, 6.45) is 14.2. The van der Waals surface area contributed by atoms with E-state index in [9.17, 15) is 4.79 Å². The molecule has 0 bridgehead atoms. The molecule has 0 fully saturated rings. The maximum Gasteiger partial charge on any atom is 0.225 e. The molecule has 0 rings (SSSR count). The molecule has 126 valence electrons. The second-order valence-corrected chi connectivity index (χ2v) is 6.80. The molecule has 2 N–H and O–H groups in total. The van der Waals surface area contributed by atoms with E-state index in [1.54, 1.807) is 0 Å². The molecule has 0 aromatic heterocycles. The van der Waals surface area contributed by atoms with Crippen molar-refractivity contribution in [2.75, 3.05) is 13.2 Å². The lowest BCUT2D eigenvalue weighted by molar-refractivity contribution is -0.129. The third-order valence-corrected chi connectivity index (χ3v) is 4.17. The third-order valence-electron chi connectivity index (χ3n) is 4.17. The van der Waals surface area contributed by atoms with Crippen LogP contribution in [0.2, 0.25) is 0 Å². The summed E-state index contributed by atoms with van der Waals surface area (Å²) in [6.45, 7) is 6.62. The van der Waals surface area contributed by atoms with Crippen molar-refractivity contribution in [3.63, 3.8) is 0 Å². The van der Waals surface area contributed by atoms with Crippen molar-refractivity contribution in [2.24, 2.45) is 5.41 Å². The quantitative estimate of drug-likeness (QED) is 0.466. The second kappa shape index (κ2) is 13.1. The molecular formula is C18H37NO2. The van der Waals surface area contributed by atoms with Crippen LogP contribution in [0.25, 0.3) is 0 Å². The molecule has 0 saturated carbocycles. The van der Waals surface area contributed by atoms with Gasteiger partial charge in [-0.15, -0.1) is 0 Å². The molecule has 0 aliphatic rings. The Morgan fingerprint density at radius 2 is 1.38 bits per heavy atom. The summed E-state index contributed by atoms with van der Waals surface area (Å²) < 4.78 is 0. The highest BCUT2D eigenvalue weighted by Crippen LogP contribution is 2.24. The summed E-state index contributed by atoms with van der Waals surface area (Å²) in [7, 11) is 0. The van der Waals surface area contributed by atoms with Gasteiger partial charge in [0.15, 0.2) is 0 Å². The first-order valence-electron chi connectivity index (χ1n) is 8.93. The topological polar surface area (TPSA) is 49.3 Å². The first-order chi connectivity index (χ1) is 10.0. The molecule has 3 nitrogen and oxygen atoms in total. The number of carbonyl (C=O) groups is 1. The Balaban J connectivity index is 3.46. The first-order valence-corrected chi connectivity index (χ1v) is 8.93. The fourth-order valence-electron chi connectivity index (χ4n) is 2.58. The number of nitrogens with one attached hydrogen (secondary N) is 1. The molecule has 0 aromatic rings. The van der Waals surface area contributed by atoms with Gasteiger partial charge < -0.3 is 10.4 Å². The van der Waals surface area contributed by atoms with E-state index in [1.165, 1.54) is 57.8 Å².